The highest BCUT2D eigenvalue weighted by molar-refractivity contribution is 7.99. The molecule has 1 aliphatic rings. The number of hydrogen-bond donors (Lipinski definition) is 2. The monoisotopic (exact) mass is 277 g/mol. The van der Waals surface area contributed by atoms with Crippen molar-refractivity contribution < 1.29 is 9.90 Å². The van der Waals surface area contributed by atoms with Crippen LogP contribution in [0.25, 0.3) is 0 Å². The Morgan fingerprint density at radius 3 is 2.84 bits per heavy atom. The number of nitrogens with one attached hydrogen (secondary N) is 1. The van der Waals surface area contributed by atoms with Crippen molar-refractivity contribution in [1.29, 1.82) is 0 Å². The Hall–Kier alpha value is -1.52. The number of rotatable bonds is 3. The summed E-state index contributed by atoms with van der Waals surface area (Å²) in [6.07, 6.45) is 5.95. The van der Waals surface area contributed by atoms with Crippen molar-refractivity contribution in [3.8, 4) is 5.75 Å². The number of allylic oxidation sites excluding steroid dienone is 2. The molecule has 1 atom stereocenters. The molecule has 0 amide bonds. The Kier molecular flexibility index (Phi) is 7.00. The van der Waals surface area contributed by atoms with Crippen LogP contribution in [0.2, 0.25) is 0 Å². The Morgan fingerprint density at radius 1 is 1.58 bits per heavy atom. The molecule has 4 heteroatoms. The van der Waals surface area contributed by atoms with Crippen LogP contribution in [0.5, 0.6) is 5.75 Å². The molecule has 0 spiro atoms. The first-order valence-electron chi connectivity index (χ1n) is 6.04. The molecule has 3 nitrogen and oxygen atoms in total. The molecule has 1 heterocycles. The molecule has 0 aliphatic carbocycles. The maximum absolute atomic E-state index is 10.7. The Morgan fingerprint density at radius 2 is 2.37 bits per heavy atom. The van der Waals surface area contributed by atoms with Crippen LogP contribution in [-0.4, -0.2) is 28.6 Å². The normalized spacial score (nSPS) is 17.8. The van der Waals surface area contributed by atoms with E-state index in [4.69, 9.17) is 5.11 Å². The molecule has 1 aliphatic heterocycles. The van der Waals surface area contributed by atoms with Crippen LogP contribution in [0.3, 0.4) is 0 Å². The zero-order valence-corrected chi connectivity index (χ0v) is 11.8. The van der Waals surface area contributed by atoms with Crippen LogP contribution < -0.4 is 5.32 Å². The van der Waals surface area contributed by atoms with E-state index in [0.717, 1.165) is 5.88 Å². The van der Waals surface area contributed by atoms with E-state index in [1.165, 1.54) is 24.8 Å². The lowest BCUT2D eigenvalue weighted by molar-refractivity contribution is 0.101. The molecular weight excluding hydrogens is 258 g/mol. The van der Waals surface area contributed by atoms with Crippen molar-refractivity contribution in [3.63, 3.8) is 0 Å². The standard InChI is InChI=1S/C8H8O2.C7H11NS/c1-6(9)7-3-2-4-8(10)5-7;1-2-3-4-7-5-9-6-8-7/h2-5,10H,1H3;2-4,7-8H,1,5-6H2/b;4-3+. The zero-order chi connectivity index (χ0) is 14.1. The second-order valence-electron chi connectivity index (χ2n) is 4.05. The fraction of sp³-hybridized carbons (Fsp3) is 0.267. The fourth-order valence-electron chi connectivity index (χ4n) is 1.47. The van der Waals surface area contributed by atoms with Crippen molar-refractivity contribution >= 4 is 17.5 Å². The molecule has 2 N–H and O–H groups in total. The number of benzene rings is 1. The van der Waals surface area contributed by atoms with Crippen LogP contribution in [0.4, 0.5) is 0 Å². The predicted octanol–water partition coefficient (Wildman–Crippen LogP) is 2.99. The Balaban J connectivity index is 0.000000191. The van der Waals surface area contributed by atoms with E-state index in [1.54, 1.807) is 12.1 Å². The van der Waals surface area contributed by atoms with Gasteiger partial charge >= 0.3 is 0 Å². The van der Waals surface area contributed by atoms with E-state index < -0.39 is 0 Å². The maximum Gasteiger partial charge on any atom is 0.159 e. The molecule has 19 heavy (non-hydrogen) atoms. The van der Waals surface area contributed by atoms with Gasteiger partial charge in [-0.15, -0.1) is 11.8 Å². The molecule has 1 saturated heterocycles. The van der Waals surface area contributed by atoms with E-state index >= 15 is 0 Å². The van der Waals surface area contributed by atoms with E-state index in [0.29, 0.717) is 11.6 Å². The smallest absolute Gasteiger partial charge is 0.159 e. The summed E-state index contributed by atoms with van der Waals surface area (Å²) >= 11 is 1.94. The number of carbonyl (C=O) groups excluding carboxylic acids is 1. The summed E-state index contributed by atoms with van der Waals surface area (Å²) in [6.45, 7) is 5.07. The first kappa shape index (κ1) is 15.5. The third-order valence-corrected chi connectivity index (χ3v) is 3.44. The molecule has 1 fully saturated rings. The molecule has 102 valence electrons. The van der Waals surface area contributed by atoms with Gasteiger partial charge in [-0.3, -0.25) is 4.79 Å². The SMILES string of the molecule is C=C/C=C/C1CSCN1.CC(=O)c1cccc(O)c1. The third-order valence-electron chi connectivity index (χ3n) is 2.48. The topological polar surface area (TPSA) is 49.3 Å². The van der Waals surface area contributed by atoms with Gasteiger partial charge in [-0.2, -0.15) is 0 Å². The molecular formula is C15H19NO2S. The summed E-state index contributed by atoms with van der Waals surface area (Å²) in [5, 5.41) is 12.2. The van der Waals surface area contributed by atoms with Gasteiger partial charge in [0.25, 0.3) is 0 Å². The molecule has 0 saturated carbocycles. The van der Waals surface area contributed by atoms with Gasteiger partial charge in [0.2, 0.25) is 0 Å². The minimum atomic E-state index is -0.0316. The second kappa shape index (κ2) is 8.56. The van der Waals surface area contributed by atoms with Gasteiger partial charge in [-0.05, 0) is 19.1 Å². The largest absolute Gasteiger partial charge is 0.508 e. The molecule has 0 bridgehead atoms. The summed E-state index contributed by atoms with van der Waals surface area (Å²) in [7, 11) is 0. The van der Waals surface area contributed by atoms with Crippen LogP contribution in [0.1, 0.15) is 17.3 Å². The average molecular weight is 277 g/mol. The average Bonchev–Trinajstić information content (AvgIpc) is 2.90. The van der Waals surface area contributed by atoms with Gasteiger partial charge < -0.3 is 10.4 Å². The van der Waals surface area contributed by atoms with Crippen LogP contribution >= 0.6 is 11.8 Å². The van der Waals surface area contributed by atoms with Crippen molar-refractivity contribution in [3.05, 3.63) is 54.6 Å². The summed E-state index contributed by atoms with van der Waals surface area (Å²) in [5.74, 6) is 2.39. The van der Waals surface area contributed by atoms with Crippen LogP contribution in [-0.2, 0) is 0 Å². The Bertz CT molecular complexity index is 451. The third kappa shape index (κ3) is 6.27. The molecule has 1 unspecified atom stereocenters. The molecule has 1 aromatic rings. The quantitative estimate of drug-likeness (QED) is 0.659. The van der Waals surface area contributed by atoms with Crippen LogP contribution in [0.15, 0.2) is 49.1 Å². The minimum Gasteiger partial charge on any atom is -0.508 e. The zero-order valence-electron chi connectivity index (χ0n) is 11.0. The Labute approximate surface area is 118 Å². The lowest BCUT2D eigenvalue weighted by Gasteiger charge is -1.98. The van der Waals surface area contributed by atoms with Gasteiger partial charge in [0.15, 0.2) is 5.78 Å². The first-order valence-corrected chi connectivity index (χ1v) is 7.19. The predicted molar refractivity (Wildman–Crippen MR) is 81.7 cm³/mol. The first-order chi connectivity index (χ1) is 9.13. The lowest BCUT2D eigenvalue weighted by atomic mass is 10.1. The van der Waals surface area contributed by atoms with E-state index in [-0.39, 0.29) is 11.5 Å². The van der Waals surface area contributed by atoms with Crippen molar-refractivity contribution in [1.82, 2.24) is 5.32 Å². The van der Waals surface area contributed by atoms with Crippen molar-refractivity contribution in [2.24, 2.45) is 0 Å². The van der Waals surface area contributed by atoms with Crippen LogP contribution in [0, 0.1) is 0 Å². The number of phenolic OH excluding ortho intramolecular Hbond substituents is 1. The molecule has 0 aromatic heterocycles. The van der Waals surface area contributed by atoms with Gasteiger partial charge in [0.1, 0.15) is 5.75 Å². The van der Waals surface area contributed by atoms with Gasteiger partial charge in [0.05, 0.1) is 0 Å². The number of Topliss-reactive ketones (excluding diaryl/α,β-unsaturated/α-hetero) is 1. The molecule has 1 aromatic carbocycles. The van der Waals surface area contributed by atoms with Crippen molar-refractivity contribution in [2.45, 2.75) is 13.0 Å². The number of aromatic hydroxyl groups is 1. The summed E-state index contributed by atoms with van der Waals surface area (Å²) in [6, 6.07) is 6.87. The lowest BCUT2D eigenvalue weighted by Crippen LogP contribution is -2.20. The number of carbonyl (C=O) groups is 1. The summed E-state index contributed by atoms with van der Waals surface area (Å²) in [4.78, 5) is 10.7. The summed E-state index contributed by atoms with van der Waals surface area (Å²) < 4.78 is 0. The number of thioether (sulfide) groups is 1. The van der Waals surface area contributed by atoms with Gasteiger partial charge in [-0.1, -0.05) is 36.9 Å². The molecule has 2 rings (SSSR count). The summed E-state index contributed by atoms with van der Waals surface area (Å²) in [5.41, 5.74) is 0.542. The highest BCUT2D eigenvalue weighted by atomic mass is 32.2. The number of hydrogen-bond acceptors (Lipinski definition) is 4. The van der Waals surface area contributed by atoms with Gasteiger partial charge in [-0.25, -0.2) is 0 Å². The number of phenols is 1. The molecule has 0 radical (unpaired) electrons. The fourth-order valence-corrected chi connectivity index (χ4v) is 2.40. The van der Waals surface area contributed by atoms with Crippen molar-refractivity contribution in [2.75, 3.05) is 11.6 Å². The maximum atomic E-state index is 10.7. The van der Waals surface area contributed by atoms with E-state index in [9.17, 15) is 4.79 Å². The second-order valence-corrected chi connectivity index (χ2v) is 5.08. The number of ketones is 1. The highest BCUT2D eigenvalue weighted by Gasteiger charge is 2.09. The minimum absolute atomic E-state index is 0.0316. The highest BCUT2D eigenvalue weighted by Crippen LogP contribution is 2.10. The van der Waals surface area contributed by atoms with Gasteiger partial charge in [0, 0.05) is 23.2 Å². The van der Waals surface area contributed by atoms with E-state index in [2.05, 4.69) is 18.0 Å². The van der Waals surface area contributed by atoms with E-state index in [1.807, 2.05) is 23.9 Å².